The number of ether oxygens (including phenoxy) is 1. The Hall–Kier alpha value is -3.00. The van der Waals surface area contributed by atoms with Gasteiger partial charge in [0.15, 0.2) is 0 Å². The summed E-state index contributed by atoms with van der Waals surface area (Å²) >= 11 is 0. The van der Waals surface area contributed by atoms with E-state index in [2.05, 4.69) is 11.4 Å². The van der Waals surface area contributed by atoms with Crippen molar-refractivity contribution < 1.29 is 9.53 Å². The number of carbonyl (C=O) groups is 1. The van der Waals surface area contributed by atoms with Gasteiger partial charge in [0.1, 0.15) is 13.2 Å². The molecular weight excluding hydrogens is 290 g/mol. The summed E-state index contributed by atoms with van der Waals surface area (Å²) in [5, 5.41) is 11.6. The van der Waals surface area contributed by atoms with Gasteiger partial charge in [0.2, 0.25) is 0 Å². The number of nitrogens with zero attached hydrogens (tertiary/aromatic N) is 2. The Kier molecular flexibility index (Phi) is 4.44. The maximum atomic E-state index is 11.9. The number of rotatable bonds is 4. The summed E-state index contributed by atoms with van der Waals surface area (Å²) in [6.45, 7) is 1.43. The summed E-state index contributed by atoms with van der Waals surface area (Å²) in [5.74, 6) is 0. The zero-order valence-corrected chi connectivity index (χ0v) is 12.7. The fourth-order valence-corrected chi connectivity index (χ4v) is 2.65. The topological polar surface area (TPSA) is 65.4 Å². The van der Waals surface area contributed by atoms with Crippen LogP contribution in [-0.2, 0) is 17.8 Å². The Morgan fingerprint density at radius 3 is 2.87 bits per heavy atom. The molecule has 2 aromatic rings. The molecule has 1 heterocycles. The standard InChI is InChI=1S/C18H17N3O2/c19-9-11-21-10-8-15-6-7-16(12-17(15)21)20-18(22)23-13-14-4-2-1-3-5-14/h1-7,12H,8,10-11,13H2,(H,20,22). The van der Waals surface area contributed by atoms with E-state index >= 15 is 0 Å². The third-order valence-electron chi connectivity index (χ3n) is 3.80. The minimum absolute atomic E-state index is 0.234. The number of carbonyl (C=O) groups excluding carboxylic acids is 1. The quantitative estimate of drug-likeness (QED) is 0.880. The first kappa shape index (κ1) is 14.9. The molecule has 1 aliphatic rings. The molecule has 5 nitrogen and oxygen atoms in total. The minimum Gasteiger partial charge on any atom is -0.444 e. The van der Waals surface area contributed by atoms with Crippen LogP contribution in [0.25, 0.3) is 0 Å². The molecule has 3 rings (SSSR count). The average Bonchev–Trinajstić information content (AvgIpc) is 2.97. The smallest absolute Gasteiger partial charge is 0.411 e. The number of nitrogens with one attached hydrogen (secondary N) is 1. The molecule has 0 bridgehead atoms. The van der Waals surface area contributed by atoms with Crippen LogP contribution in [0.2, 0.25) is 0 Å². The summed E-state index contributed by atoms with van der Waals surface area (Å²) in [7, 11) is 0. The second-order valence-corrected chi connectivity index (χ2v) is 5.36. The Balaban J connectivity index is 1.61. The molecule has 5 heteroatoms. The van der Waals surface area contributed by atoms with Gasteiger partial charge in [-0.1, -0.05) is 36.4 Å². The number of fused-ring (bicyclic) bond motifs is 1. The second-order valence-electron chi connectivity index (χ2n) is 5.36. The Morgan fingerprint density at radius 2 is 2.09 bits per heavy atom. The number of hydrogen-bond donors (Lipinski definition) is 1. The first-order valence-electron chi connectivity index (χ1n) is 7.49. The molecule has 0 aliphatic carbocycles. The molecule has 0 radical (unpaired) electrons. The van der Waals surface area contributed by atoms with Gasteiger partial charge in [0, 0.05) is 17.9 Å². The van der Waals surface area contributed by atoms with Crippen LogP contribution in [0.1, 0.15) is 11.1 Å². The van der Waals surface area contributed by atoms with Crippen molar-refractivity contribution >= 4 is 17.5 Å². The summed E-state index contributed by atoms with van der Waals surface area (Å²) in [6, 6.07) is 17.4. The molecule has 1 aliphatic heterocycles. The van der Waals surface area contributed by atoms with E-state index in [0.717, 1.165) is 24.2 Å². The normalized spacial score (nSPS) is 12.4. The maximum Gasteiger partial charge on any atom is 0.411 e. The summed E-state index contributed by atoms with van der Waals surface area (Å²) in [6.07, 6.45) is 0.439. The van der Waals surface area contributed by atoms with Gasteiger partial charge in [-0.25, -0.2) is 4.79 Å². The molecule has 0 unspecified atom stereocenters. The highest BCUT2D eigenvalue weighted by Gasteiger charge is 2.19. The highest BCUT2D eigenvalue weighted by molar-refractivity contribution is 5.86. The lowest BCUT2D eigenvalue weighted by atomic mass is 10.1. The minimum atomic E-state index is -0.487. The first-order valence-corrected chi connectivity index (χ1v) is 7.49. The van der Waals surface area contributed by atoms with E-state index in [9.17, 15) is 4.79 Å². The fourth-order valence-electron chi connectivity index (χ4n) is 2.65. The van der Waals surface area contributed by atoms with Gasteiger partial charge in [-0.05, 0) is 29.7 Å². The lowest BCUT2D eigenvalue weighted by molar-refractivity contribution is 0.155. The highest BCUT2D eigenvalue weighted by atomic mass is 16.5. The van der Waals surface area contributed by atoms with Crippen LogP contribution in [0.3, 0.4) is 0 Å². The number of hydrogen-bond acceptors (Lipinski definition) is 4. The SMILES string of the molecule is N#CCN1CCc2ccc(NC(=O)OCc3ccccc3)cc21. The van der Waals surface area contributed by atoms with Crippen molar-refractivity contribution in [3.05, 3.63) is 59.7 Å². The monoisotopic (exact) mass is 307 g/mol. The fraction of sp³-hybridized carbons (Fsp3) is 0.222. The number of nitriles is 1. The van der Waals surface area contributed by atoms with Crippen molar-refractivity contribution in [3.8, 4) is 6.07 Å². The molecule has 0 saturated carbocycles. The van der Waals surface area contributed by atoms with Gasteiger partial charge < -0.3 is 9.64 Å². The molecule has 2 aromatic carbocycles. The van der Waals surface area contributed by atoms with Gasteiger partial charge in [0.05, 0.1) is 6.07 Å². The van der Waals surface area contributed by atoms with Crippen LogP contribution in [0.4, 0.5) is 16.2 Å². The van der Waals surface area contributed by atoms with E-state index in [1.807, 2.05) is 53.4 Å². The van der Waals surface area contributed by atoms with Crippen molar-refractivity contribution in [1.29, 1.82) is 5.26 Å². The molecule has 0 saturated heterocycles. The average molecular weight is 307 g/mol. The van der Waals surface area contributed by atoms with Crippen LogP contribution in [0.15, 0.2) is 48.5 Å². The zero-order valence-electron chi connectivity index (χ0n) is 12.7. The van der Waals surface area contributed by atoms with E-state index in [1.54, 1.807) is 0 Å². The van der Waals surface area contributed by atoms with Crippen molar-refractivity contribution in [2.45, 2.75) is 13.0 Å². The maximum absolute atomic E-state index is 11.9. The van der Waals surface area contributed by atoms with E-state index in [-0.39, 0.29) is 6.61 Å². The lowest BCUT2D eigenvalue weighted by Gasteiger charge is -2.16. The number of benzene rings is 2. The van der Waals surface area contributed by atoms with Crippen molar-refractivity contribution in [1.82, 2.24) is 0 Å². The molecular formula is C18H17N3O2. The first-order chi connectivity index (χ1) is 11.3. The van der Waals surface area contributed by atoms with E-state index in [4.69, 9.17) is 10.00 Å². The van der Waals surface area contributed by atoms with Gasteiger partial charge in [-0.15, -0.1) is 0 Å². The van der Waals surface area contributed by atoms with E-state index < -0.39 is 6.09 Å². The van der Waals surface area contributed by atoms with Crippen molar-refractivity contribution in [3.63, 3.8) is 0 Å². The summed E-state index contributed by atoms with van der Waals surface area (Å²) in [5.41, 5.74) is 3.82. The van der Waals surface area contributed by atoms with E-state index in [1.165, 1.54) is 5.56 Å². The van der Waals surface area contributed by atoms with Crippen LogP contribution in [-0.4, -0.2) is 19.2 Å². The van der Waals surface area contributed by atoms with Gasteiger partial charge in [-0.3, -0.25) is 5.32 Å². The Bertz CT molecular complexity index is 738. The molecule has 116 valence electrons. The third-order valence-corrected chi connectivity index (χ3v) is 3.80. The van der Waals surface area contributed by atoms with Crippen molar-refractivity contribution in [2.75, 3.05) is 23.3 Å². The lowest BCUT2D eigenvalue weighted by Crippen LogP contribution is -2.20. The van der Waals surface area contributed by atoms with Crippen molar-refractivity contribution in [2.24, 2.45) is 0 Å². The zero-order chi connectivity index (χ0) is 16.1. The third kappa shape index (κ3) is 3.61. The summed E-state index contributed by atoms with van der Waals surface area (Å²) < 4.78 is 5.21. The van der Waals surface area contributed by atoms with Crippen LogP contribution in [0, 0.1) is 11.3 Å². The summed E-state index contributed by atoms with van der Waals surface area (Å²) in [4.78, 5) is 13.9. The molecule has 0 fully saturated rings. The predicted octanol–water partition coefficient (Wildman–Crippen LogP) is 3.32. The highest BCUT2D eigenvalue weighted by Crippen LogP contribution is 2.30. The van der Waals surface area contributed by atoms with E-state index in [0.29, 0.717) is 12.2 Å². The van der Waals surface area contributed by atoms with Gasteiger partial charge in [0.25, 0.3) is 0 Å². The Labute approximate surface area is 135 Å². The second kappa shape index (κ2) is 6.84. The molecule has 0 spiro atoms. The molecule has 0 aromatic heterocycles. The molecule has 1 amide bonds. The number of anilines is 2. The van der Waals surface area contributed by atoms with Crippen LogP contribution in [0.5, 0.6) is 0 Å². The van der Waals surface area contributed by atoms with Crippen LogP contribution < -0.4 is 10.2 Å². The molecule has 1 N–H and O–H groups in total. The largest absolute Gasteiger partial charge is 0.444 e. The molecule has 23 heavy (non-hydrogen) atoms. The number of amides is 1. The van der Waals surface area contributed by atoms with Gasteiger partial charge in [-0.2, -0.15) is 5.26 Å². The Morgan fingerprint density at radius 1 is 1.26 bits per heavy atom. The predicted molar refractivity (Wildman–Crippen MR) is 88.2 cm³/mol. The van der Waals surface area contributed by atoms with Crippen LogP contribution >= 0.6 is 0 Å². The van der Waals surface area contributed by atoms with Gasteiger partial charge >= 0.3 is 6.09 Å². The molecule has 0 atom stereocenters.